The first kappa shape index (κ1) is 17.5. The third kappa shape index (κ3) is 4.55. The summed E-state index contributed by atoms with van der Waals surface area (Å²) in [5.74, 6) is -0.146. The number of amides is 1. The number of carbonyl (C=O) groups excluding carboxylic acids is 2. The molecule has 126 valence electrons. The van der Waals surface area contributed by atoms with Crippen LogP contribution in [0.3, 0.4) is 0 Å². The molecule has 0 aliphatic rings. The summed E-state index contributed by atoms with van der Waals surface area (Å²) in [6.45, 7) is 1.28. The summed E-state index contributed by atoms with van der Waals surface area (Å²) in [6.07, 6.45) is 0. The second-order valence-corrected chi connectivity index (χ2v) is 5.08. The molecule has 0 radical (unpaired) electrons. The van der Waals surface area contributed by atoms with Crippen LogP contribution in [0, 0.1) is 5.82 Å². The molecular formula is C18H18FNO4. The molecule has 5 nitrogen and oxygen atoms in total. The van der Waals surface area contributed by atoms with E-state index in [0.717, 1.165) is 0 Å². The molecule has 2 aromatic carbocycles. The molecule has 1 N–H and O–H groups in total. The van der Waals surface area contributed by atoms with E-state index in [-0.39, 0.29) is 24.8 Å². The van der Waals surface area contributed by atoms with E-state index in [1.54, 1.807) is 36.4 Å². The highest BCUT2D eigenvalue weighted by Crippen LogP contribution is 2.28. The molecule has 0 fully saturated rings. The van der Waals surface area contributed by atoms with Gasteiger partial charge in [0.05, 0.1) is 7.11 Å². The van der Waals surface area contributed by atoms with Crippen molar-refractivity contribution < 1.29 is 23.5 Å². The van der Waals surface area contributed by atoms with Gasteiger partial charge in [-0.25, -0.2) is 4.39 Å². The number of methoxy groups -OCH3 is 1. The molecule has 0 saturated carbocycles. The number of benzene rings is 2. The van der Waals surface area contributed by atoms with Crippen LogP contribution >= 0.6 is 0 Å². The van der Waals surface area contributed by atoms with Crippen LogP contribution in [0.15, 0.2) is 42.5 Å². The fourth-order valence-corrected chi connectivity index (χ4v) is 2.04. The zero-order chi connectivity index (χ0) is 17.5. The Morgan fingerprint density at radius 2 is 1.88 bits per heavy atom. The van der Waals surface area contributed by atoms with Crippen LogP contribution in [0.5, 0.6) is 11.5 Å². The number of nitrogens with one attached hydrogen (secondary N) is 1. The number of Topliss-reactive ketones (excluding diaryl/α,β-unsaturated/α-hetero) is 1. The van der Waals surface area contributed by atoms with E-state index >= 15 is 0 Å². The Hall–Kier alpha value is -2.89. The lowest BCUT2D eigenvalue weighted by atomic mass is 10.1. The van der Waals surface area contributed by atoms with Gasteiger partial charge in [0.25, 0.3) is 5.91 Å². The van der Waals surface area contributed by atoms with Crippen molar-refractivity contribution in [3.63, 3.8) is 0 Å². The van der Waals surface area contributed by atoms with E-state index in [9.17, 15) is 14.0 Å². The third-order valence-electron chi connectivity index (χ3n) is 3.36. The van der Waals surface area contributed by atoms with E-state index in [1.807, 2.05) is 0 Å². The Bertz CT molecular complexity index is 746. The number of halogens is 1. The normalized spacial score (nSPS) is 10.1. The van der Waals surface area contributed by atoms with Crippen molar-refractivity contribution in [3.05, 3.63) is 59.4 Å². The van der Waals surface area contributed by atoms with Crippen LogP contribution < -0.4 is 14.8 Å². The van der Waals surface area contributed by atoms with E-state index in [0.29, 0.717) is 22.6 Å². The predicted octanol–water partition coefficient (Wildman–Crippen LogP) is 2.73. The number of carbonyl (C=O) groups is 2. The Morgan fingerprint density at radius 1 is 1.12 bits per heavy atom. The molecule has 0 atom stereocenters. The van der Waals surface area contributed by atoms with Crippen LogP contribution in [-0.2, 0) is 11.3 Å². The fraction of sp³-hybridized carbons (Fsp3) is 0.222. The van der Waals surface area contributed by atoms with E-state index < -0.39 is 5.91 Å². The minimum atomic E-state index is -0.393. The topological polar surface area (TPSA) is 64.6 Å². The van der Waals surface area contributed by atoms with Gasteiger partial charge in [0, 0.05) is 17.7 Å². The first-order chi connectivity index (χ1) is 11.5. The Kier molecular flexibility index (Phi) is 5.89. The van der Waals surface area contributed by atoms with Gasteiger partial charge in [0.1, 0.15) is 5.82 Å². The quantitative estimate of drug-likeness (QED) is 0.792. The second-order valence-electron chi connectivity index (χ2n) is 5.08. The molecule has 0 saturated heterocycles. The summed E-state index contributed by atoms with van der Waals surface area (Å²) in [6, 6.07) is 10.9. The van der Waals surface area contributed by atoms with E-state index in [4.69, 9.17) is 9.47 Å². The van der Waals surface area contributed by atoms with Gasteiger partial charge in [0.2, 0.25) is 0 Å². The SMILES string of the molecule is COc1cc(C(C)=O)ccc1OCC(=O)NCc1ccccc1F. The van der Waals surface area contributed by atoms with E-state index in [1.165, 1.54) is 20.1 Å². The Labute approximate surface area is 139 Å². The summed E-state index contributed by atoms with van der Waals surface area (Å²) < 4.78 is 24.0. The van der Waals surface area contributed by atoms with Crippen LogP contribution in [-0.4, -0.2) is 25.4 Å². The molecule has 0 bridgehead atoms. The number of hydrogen-bond acceptors (Lipinski definition) is 4. The zero-order valence-corrected chi connectivity index (χ0v) is 13.5. The molecule has 6 heteroatoms. The summed E-state index contributed by atoms with van der Waals surface area (Å²) in [5, 5.41) is 2.58. The van der Waals surface area contributed by atoms with Crippen molar-refractivity contribution in [2.45, 2.75) is 13.5 Å². The van der Waals surface area contributed by atoms with Gasteiger partial charge in [-0.05, 0) is 31.2 Å². The zero-order valence-electron chi connectivity index (χ0n) is 13.5. The lowest BCUT2D eigenvalue weighted by molar-refractivity contribution is -0.123. The molecular weight excluding hydrogens is 313 g/mol. The summed E-state index contributed by atoms with van der Waals surface area (Å²) in [4.78, 5) is 23.2. The molecule has 0 unspecified atom stereocenters. The lowest BCUT2D eigenvalue weighted by Gasteiger charge is -2.12. The van der Waals surface area contributed by atoms with Crippen molar-refractivity contribution in [1.82, 2.24) is 5.32 Å². The van der Waals surface area contributed by atoms with Gasteiger partial charge in [0.15, 0.2) is 23.9 Å². The maximum atomic E-state index is 13.5. The number of ketones is 1. The van der Waals surface area contributed by atoms with Gasteiger partial charge < -0.3 is 14.8 Å². The van der Waals surface area contributed by atoms with Crippen LogP contribution in [0.4, 0.5) is 4.39 Å². The standard InChI is InChI=1S/C18H18FNO4/c1-12(21)13-7-8-16(17(9-13)23-2)24-11-18(22)20-10-14-5-3-4-6-15(14)19/h3-9H,10-11H2,1-2H3,(H,20,22). The summed E-state index contributed by atoms with van der Waals surface area (Å²) in [5.41, 5.74) is 0.887. The maximum absolute atomic E-state index is 13.5. The van der Waals surface area contributed by atoms with Crippen LogP contribution in [0.2, 0.25) is 0 Å². The summed E-state index contributed by atoms with van der Waals surface area (Å²) in [7, 11) is 1.45. The molecule has 1 amide bonds. The van der Waals surface area contributed by atoms with Gasteiger partial charge >= 0.3 is 0 Å². The molecule has 0 heterocycles. The van der Waals surface area contributed by atoms with Gasteiger partial charge in [-0.1, -0.05) is 18.2 Å². The molecule has 0 aromatic heterocycles. The number of ether oxygens (including phenoxy) is 2. The van der Waals surface area contributed by atoms with E-state index in [2.05, 4.69) is 5.32 Å². The average Bonchev–Trinajstić information content (AvgIpc) is 2.58. The van der Waals surface area contributed by atoms with Crippen molar-refractivity contribution in [3.8, 4) is 11.5 Å². The minimum absolute atomic E-state index is 0.0786. The van der Waals surface area contributed by atoms with Crippen molar-refractivity contribution in [1.29, 1.82) is 0 Å². The van der Waals surface area contributed by atoms with Gasteiger partial charge in [-0.2, -0.15) is 0 Å². The molecule has 0 aliphatic heterocycles. The largest absolute Gasteiger partial charge is 0.493 e. The van der Waals surface area contributed by atoms with Gasteiger partial charge in [-0.15, -0.1) is 0 Å². The van der Waals surface area contributed by atoms with Crippen molar-refractivity contribution >= 4 is 11.7 Å². The highest BCUT2D eigenvalue weighted by atomic mass is 19.1. The Balaban J connectivity index is 1.92. The molecule has 0 aliphatic carbocycles. The minimum Gasteiger partial charge on any atom is -0.493 e. The second kappa shape index (κ2) is 8.10. The van der Waals surface area contributed by atoms with Crippen LogP contribution in [0.1, 0.15) is 22.8 Å². The fourth-order valence-electron chi connectivity index (χ4n) is 2.04. The van der Waals surface area contributed by atoms with Gasteiger partial charge in [-0.3, -0.25) is 9.59 Å². The Morgan fingerprint density at radius 3 is 2.54 bits per heavy atom. The molecule has 24 heavy (non-hydrogen) atoms. The monoisotopic (exact) mass is 331 g/mol. The highest BCUT2D eigenvalue weighted by molar-refractivity contribution is 5.94. The van der Waals surface area contributed by atoms with Crippen molar-refractivity contribution in [2.24, 2.45) is 0 Å². The smallest absolute Gasteiger partial charge is 0.258 e. The third-order valence-corrected chi connectivity index (χ3v) is 3.36. The lowest BCUT2D eigenvalue weighted by Crippen LogP contribution is -2.28. The number of rotatable bonds is 7. The average molecular weight is 331 g/mol. The highest BCUT2D eigenvalue weighted by Gasteiger charge is 2.11. The van der Waals surface area contributed by atoms with Crippen molar-refractivity contribution in [2.75, 3.05) is 13.7 Å². The molecule has 0 spiro atoms. The van der Waals surface area contributed by atoms with Crippen LogP contribution in [0.25, 0.3) is 0 Å². The first-order valence-electron chi connectivity index (χ1n) is 7.33. The first-order valence-corrected chi connectivity index (χ1v) is 7.33. The predicted molar refractivity (Wildman–Crippen MR) is 86.7 cm³/mol. The maximum Gasteiger partial charge on any atom is 0.258 e. The number of hydrogen-bond donors (Lipinski definition) is 1. The molecule has 2 aromatic rings. The molecule has 2 rings (SSSR count). The summed E-state index contributed by atoms with van der Waals surface area (Å²) >= 11 is 0.